The summed E-state index contributed by atoms with van der Waals surface area (Å²) in [6.07, 6.45) is 0. The van der Waals surface area contributed by atoms with E-state index in [-0.39, 0.29) is 5.82 Å². The number of carboxylic acid groups (broad SMARTS) is 2. The quantitative estimate of drug-likeness (QED) is 0.697. The third-order valence-corrected chi connectivity index (χ3v) is 4.64. The van der Waals surface area contributed by atoms with Gasteiger partial charge in [0.2, 0.25) is 0 Å². The van der Waals surface area contributed by atoms with E-state index < -0.39 is 11.9 Å². The smallest absolute Gasteiger partial charge is 0.414 e. The highest BCUT2D eigenvalue weighted by molar-refractivity contribution is 6.27. The Labute approximate surface area is 175 Å². The maximum absolute atomic E-state index is 13.7. The number of carboxylic acids is 2. The number of benzene rings is 2. The van der Waals surface area contributed by atoms with Crippen LogP contribution in [0.25, 0.3) is 0 Å². The number of piperazine rings is 1. The molecular formula is C22H27FN2O5. The minimum atomic E-state index is -1.82. The van der Waals surface area contributed by atoms with E-state index >= 15 is 0 Å². The zero-order valence-corrected chi connectivity index (χ0v) is 17.0. The van der Waals surface area contributed by atoms with Crippen LogP contribution in [0.3, 0.4) is 0 Å². The molecule has 2 aromatic carbocycles. The number of halogens is 1. The molecule has 8 heteroatoms. The standard InChI is InChI=1S/C20H25FN2O.C2H2O4/c1-2-24-19-9-7-17(8-10-19)15-22-11-13-23(14-12-22)16-18-5-3-4-6-20(18)21;3-1(4)2(5)6/h3-10H,2,11-16H2,1H3;(H,3,4)(H,5,6). The van der Waals surface area contributed by atoms with Crippen LogP contribution in [-0.4, -0.2) is 64.7 Å². The summed E-state index contributed by atoms with van der Waals surface area (Å²) < 4.78 is 19.2. The molecule has 1 saturated heterocycles. The molecule has 0 unspecified atom stereocenters. The molecule has 2 N–H and O–H groups in total. The molecule has 0 amide bonds. The molecule has 7 nitrogen and oxygen atoms in total. The fourth-order valence-electron chi connectivity index (χ4n) is 3.09. The van der Waals surface area contributed by atoms with Crippen molar-refractivity contribution in [1.82, 2.24) is 9.80 Å². The van der Waals surface area contributed by atoms with Gasteiger partial charge in [0.05, 0.1) is 6.61 Å². The van der Waals surface area contributed by atoms with E-state index in [1.807, 2.05) is 31.2 Å². The lowest BCUT2D eigenvalue weighted by atomic mass is 10.1. The molecular weight excluding hydrogens is 391 g/mol. The van der Waals surface area contributed by atoms with Crippen LogP contribution in [0.5, 0.6) is 5.75 Å². The number of carbonyl (C=O) groups is 2. The summed E-state index contributed by atoms with van der Waals surface area (Å²) in [7, 11) is 0. The van der Waals surface area contributed by atoms with Gasteiger partial charge in [-0.3, -0.25) is 9.80 Å². The predicted octanol–water partition coefficient (Wildman–Crippen LogP) is 2.70. The molecule has 30 heavy (non-hydrogen) atoms. The first-order valence-corrected chi connectivity index (χ1v) is 9.75. The molecule has 0 aliphatic carbocycles. The largest absolute Gasteiger partial charge is 0.494 e. The SMILES string of the molecule is CCOc1ccc(CN2CCN(Cc3ccccc3F)CC2)cc1.O=C(O)C(=O)O. The molecule has 0 radical (unpaired) electrons. The molecule has 0 spiro atoms. The van der Waals surface area contributed by atoms with E-state index in [4.69, 9.17) is 24.5 Å². The average molecular weight is 418 g/mol. The van der Waals surface area contributed by atoms with E-state index in [1.165, 1.54) is 11.6 Å². The second-order valence-corrected chi connectivity index (χ2v) is 6.83. The Morgan fingerprint density at radius 3 is 1.93 bits per heavy atom. The number of rotatable bonds is 6. The maximum atomic E-state index is 13.7. The fourth-order valence-corrected chi connectivity index (χ4v) is 3.09. The summed E-state index contributed by atoms with van der Waals surface area (Å²) in [4.78, 5) is 23.0. The second-order valence-electron chi connectivity index (χ2n) is 6.83. The minimum Gasteiger partial charge on any atom is -0.494 e. The van der Waals surface area contributed by atoms with Gasteiger partial charge in [-0.25, -0.2) is 14.0 Å². The Kier molecular flexibility index (Phi) is 9.24. The highest BCUT2D eigenvalue weighted by atomic mass is 19.1. The zero-order chi connectivity index (χ0) is 21.9. The molecule has 1 aliphatic heterocycles. The Morgan fingerprint density at radius 1 is 0.900 bits per heavy atom. The molecule has 2 aromatic rings. The van der Waals surface area contributed by atoms with Crippen LogP contribution in [0.1, 0.15) is 18.1 Å². The van der Waals surface area contributed by atoms with Gasteiger partial charge in [-0.1, -0.05) is 30.3 Å². The van der Waals surface area contributed by atoms with Crippen molar-refractivity contribution in [2.75, 3.05) is 32.8 Å². The Hall–Kier alpha value is -2.97. The van der Waals surface area contributed by atoms with Crippen molar-refractivity contribution in [1.29, 1.82) is 0 Å². The van der Waals surface area contributed by atoms with Gasteiger partial charge < -0.3 is 14.9 Å². The van der Waals surface area contributed by atoms with Crippen LogP contribution in [0, 0.1) is 5.82 Å². The first-order chi connectivity index (χ1) is 14.4. The number of ether oxygens (including phenoxy) is 1. The fraction of sp³-hybridized carbons (Fsp3) is 0.364. The number of hydrogen-bond donors (Lipinski definition) is 2. The average Bonchev–Trinajstić information content (AvgIpc) is 2.73. The van der Waals surface area contributed by atoms with Gasteiger partial charge in [-0.05, 0) is 30.7 Å². The van der Waals surface area contributed by atoms with E-state index in [0.717, 1.165) is 44.0 Å². The van der Waals surface area contributed by atoms with E-state index in [1.54, 1.807) is 6.07 Å². The second kappa shape index (κ2) is 11.9. The highest BCUT2D eigenvalue weighted by Crippen LogP contribution is 2.16. The molecule has 162 valence electrons. The minimum absolute atomic E-state index is 0.102. The summed E-state index contributed by atoms with van der Waals surface area (Å²) in [5.41, 5.74) is 2.10. The van der Waals surface area contributed by atoms with Crippen LogP contribution in [0.15, 0.2) is 48.5 Å². The van der Waals surface area contributed by atoms with Gasteiger partial charge in [0.1, 0.15) is 11.6 Å². The molecule has 1 aliphatic rings. The van der Waals surface area contributed by atoms with Crippen LogP contribution < -0.4 is 4.74 Å². The summed E-state index contributed by atoms with van der Waals surface area (Å²) in [6.45, 7) is 8.33. The Morgan fingerprint density at radius 2 is 1.43 bits per heavy atom. The van der Waals surface area contributed by atoms with E-state index in [0.29, 0.717) is 13.2 Å². The number of nitrogens with zero attached hydrogens (tertiary/aromatic N) is 2. The third-order valence-electron chi connectivity index (χ3n) is 4.64. The summed E-state index contributed by atoms with van der Waals surface area (Å²) in [5.74, 6) is -2.82. The lowest BCUT2D eigenvalue weighted by molar-refractivity contribution is -0.159. The molecule has 0 saturated carbocycles. The van der Waals surface area contributed by atoms with Crippen LogP contribution in [0.4, 0.5) is 4.39 Å². The lowest BCUT2D eigenvalue weighted by Gasteiger charge is -2.34. The predicted molar refractivity (Wildman–Crippen MR) is 110 cm³/mol. The lowest BCUT2D eigenvalue weighted by Crippen LogP contribution is -2.45. The van der Waals surface area contributed by atoms with Crippen molar-refractivity contribution in [3.63, 3.8) is 0 Å². The Balaban J connectivity index is 0.000000469. The van der Waals surface area contributed by atoms with Crippen LogP contribution in [-0.2, 0) is 22.7 Å². The van der Waals surface area contributed by atoms with E-state index in [9.17, 15) is 4.39 Å². The normalized spacial score (nSPS) is 14.5. The van der Waals surface area contributed by atoms with Gasteiger partial charge >= 0.3 is 11.9 Å². The Bertz CT molecular complexity index is 809. The van der Waals surface area contributed by atoms with Crippen molar-refractivity contribution in [3.05, 3.63) is 65.5 Å². The first kappa shape index (κ1) is 23.3. The molecule has 0 aromatic heterocycles. The van der Waals surface area contributed by atoms with Gasteiger partial charge in [-0.2, -0.15) is 0 Å². The van der Waals surface area contributed by atoms with Gasteiger partial charge in [0, 0.05) is 44.8 Å². The summed E-state index contributed by atoms with van der Waals surface area (Å²) in [6, 6.07) is 15.4. The molecule has 3 rings (SSSR count). The molecule has 1 fully saturated rings. The summed E-state index contributed by atoms with van der Waals surface area (Å²) in [5, 5.41) is 14.8. The van der Waals surface area contributed by atoms with Gasteiger partial charge in [-0.15, -0.1) is 0 Å². The number of hydrogen-bond acceptors (Lipinski definition) is 5. The molecule has 1 heterocycles. The van der Waals surface area contributed by atoms with Crippen molar-refractivity contribution in [3.8, 4) is 5.75 Å². The van der Waals surface area contributed by atoms with Crippen LogP contribution >= 0.6 is 0 Å². The van der Waals surface area contributed by atoms with Gasteiger partial charge in [0.25, 0.3) is 0 Å². The van der Waals surface area contributed by atoms with Crippen molar-refractivity contribution in [2.45, 2.75) is 20.0 Å². The van der Waals surface area contributed by atoms with E-state index in [2.05, 4.69) is 21.9 Å². The van der Waals surface area contributed by atoms with Crippen LogP contribution in [0.2, 0.25) is 0 Å². The molecule has 0 bridgehead atoms. The van der Waals surface area contributed by atoms with Gasteiger partial charge in [0.15, 0.2) is 0 Å². The maximum Gasteiger partial charge on any atom is 0.414 e. The monoisotopic (exact) mass is 418 g/mol. The van der Waals surface area contributed by atoms with Crippen molar-refractivity contribution < 1.29 is 28.9 Å². The molecule has 0 atom stereocenters. The van der Waals surface area contributed by atoms with Crippen molar-refractivity contribution >= 4 is 11.9 Å². The zero-order valence-electron chi connectivity index (χ0n) is 17.0. The first-order valence-electron chi connectivity index (χ1n) is 9.75. The topological polar surface area (TPSA) is 90.3 Å². The number of aliphatic carboxylic acids is 2. The third kappa shape index (κ3) is 7.81. The summed E-state index contributed by atoms with van der Waals surface area (Å²) >= 11 is 0. The highest BCUT2D eigenvalue weighted by Gasteiger charge is 2.18. The van der Waals surface area contributed by atoms with Crippen molar-refractivity contribution in [2.24, 2.45) is 0 Å².